The van der Waals surface area contributed by atoms with Crippen molar-refractivity contribution in [2.45, 2.75) is 6.92 Å². The van der Waals surface area contributed by atoms with Crippen LogP contribution in [0, 0.1) is 6.92 Å². The number of halogens is 1. The number of nitrogens with zero attached hydrogens (tertiary/aromatic N) is 2. The minimum atomic E-state index is 0.784. The zero-order valence-electron chi connectivity index (χ0n) is 16.7. The van der Waals surface area contributed by atoms with E-state index in [1.54, 1.807) is 17.7 Å². The highest BCUT2D eigenvalue weighted by Gasteiger charge is 2.17. The van der Waals surface area contributed by atoms with E-state index in [9.17, 15) is 0 Å². The first-order chi connectivity index (χ1) is 15.2. The van der Waals surface area contributed by atoms with Crippen LogP contribution in [-0.4, -0.2) is 9.97 Å². The van der Waals surface area contributed by atoms with Crippen LogP contribution in [0.5, 0.6) is 11.5 Å². The van der Waals surface area contributed by atoms with Gasteiger partial charge in [-0.1, -0.05) is 46.3 Å². The predicted octanol–water partition coefficient (Wildman–Crippen LogP) is 7.97. The van der Waals surface area contributed by atoms with E-state index in [0.717, 1.165) is 43.3 Å². The van der Waals surface area contributed by atoms with Gasteiger partial charge in [-0.15, -0.1) is 11.3 Å². The van der Waals surface area contributed by atoms with Gasteiger partial charge in [0.05, 0.1) is 5.39 Å². The lowest BCUT2D eigenvalue weighted by Gasteiger charge is -2.10. The molecule has 1 N–H and O–H groups in total. The topological polar surface area (TPSA) is 47.0 Å². The quantitative estimate of drug-likeness (QED) is 0.273. The Bertz CT molecular complexity index is 1330. The molecule has 0 saturated carbocycles. The average molecular weight is 488 g/mol. The van der Waals surface area contributed by atoms with Crippen molar-refractivity contribution in [3.05, 3.63) is 94.5 Å². The number of benzene rings is 3. The van der Waals surface area contributed by atoms with Crippen LogP contribution in [0.4, 0.5) is 11.5 Å². The van der Waals surface area contributed by atoms with E-state index in [1.165, 1.54) is 10.4 Å². The van der Waals surface area contributed by atoms with Crippen LogP contribution in [-0.2, 0) is 0 Å². The number of aryl methyl sites for hydroxylation is 1. The number of fused-ring (bicyclic) bond motifs is 1. The molecule has 3 aromatic carbocycles. The molecule has 31 heavy (non-hydrogen) atoms. The zero-order chi connectivity index (χ0) is 21.2. The molecule has 5 rings (SSSR count). The molecule has 0 aliphatic rings. The van der Waals surface area contributed by atoms with Crippen LogP contribution < -0.4 is 10.1 Å². The van der Waals surface area contributed by atoms with Crippen molar-refractivity contribution in [3.8, 4) is 22.6 Å². The van der Waals surface area contributed by atoms with E-state index in [0.29, 0.717) is 0 Å². The van der Waals surface area contributed by atoms with Crippen LogP contribution >= 0.6 is 27.3 Å². The lowest BCUT2D eigenvalue weighted by atomic mass is 10.0. The van der Waals surface area contributed by atoms with Gasteiger partial charge in [0.2, 0.25) is 0 Å². The first kappa shape index (κ1) is 19.7. The summed E-state index contributed by atoms with van der Waals surface area (Å²) in [4.78, 5) is 11.2. The molecule has 0 amide bonds. The van der Waals surface area contributed by atoms with Gasteiger partial charge in [0.15, 0.2) is 0 Å². The molecule has 0 spiro atoms. The Kier molecular flexibility index (Phi) is 5.40. The number of ether oxygens (including phenoxy) is 1. The fraction of sp³-hybridized carbons (Fsp3) is 0.0400. The normalized spacial score (nSPS) is 10.9. The lowest BCUT2D eigenvalue weighted by Crippen LogP contribution is -1.96. The standard InChI is InChI=1S/C25H18BrN3OS/c1-16-22(17-7-9-18(26)10-8-17)23-24(27-15-28-25(23)31-16)29-19-11-13-21(14-12-19)30-20-5-3-2-4-6-20/h2-15H,1H3,(H,27,28,29). The average Bonchev–Trinajstić information content (AvgIpc) is 3.13. The number of nitrogens with one attached hydrogen (secondary N) is 1. The third-order valence-corrected chi connectivity index (χ3v) is 6.44. The summed E-state index contributed by atoms with van der Waals surface area (Å²) < 4.78 is 6.94. The summed E-state index contributed by atoms with van der Waals surface area (Å²) in [6.45, 7) is 2.13. The minimum absolute atomic E-state index is 0.784. The molecule has 0 aliphatic carbocycles. The van der Waals surface area contributed by atoms with Gasteiger partial charge in [-0.05, 0) is 61.0 Å². The molecule has 0 radical (unpaired) electrons. The molecule has 5 aromatic rings. The molecule has 0 aliphatic heterocycles. The minimum Gasteiger partial charge on any atom is -0.457 e. The maximum atomic E-state index is 5.89. The van der Waals surface area contributed by atoms with Gasteiger partial charge in [-0.2, -0.15) is 0 Å². The van der Waals surface area contributed by atoms with Crippen molar-refractivity contribution in [2.75, 3.05) is 5.32 Å². The Morgan fingerprint density at radius 3 is 2.29 bits per heavy atom. The van der Waals surface area contributed by atoms with Gasteiger partial charge in [0.1, 0.15) is 28.5 Å². The van der Waals surface area contributed by atoms with Crippen LogP contribution in [0.2, 0.25) is 0 Å². The first-order valence-corrected chi connectivity index (χ1v) is 11.4. The van der Waals surface area contributed by atoms with Crippen molar-refractivity contribution >= 4 is 49.0 Å². The number of thiophene rings is 1. The second-order valence-electron chi connectivity index (χ2n) is 7.01. The Balaban J connectivity index is 1.47. The molecule has 6 heteroatoms. The molecule has 2 aromatic heterocycles. The Morgan fingerprint density at radius 1 is 0.839 bits per heavy atom. The summed E-state index contributed by atoms with van der Waals surface area (Å²) in [5.74, 6) is 2.39. The second kappa shape index (κ2) is 8.49. The zero-order valence-corrected chi connectivity index (χ0v) is 19.1. The molecule has 0 unspecified atom stereocenters. The molecule has 0 saturated heterocycles. The van der Waals surface area contributed by atoms with E-state index in [1.807, 2.05) is 54.6 Å². The van der Waals surface area contributed by atoms with Crippen LogP contribution in [0.3, 0.4) is 0 Å². The van der Waals surface area contributed by atoms with Crippen LogP contribution in [0.25, 0.3) is 21.3 Å². The third kappa shape index (κ3) is 4.17. The highest BCUT2D eigenvalue weighted by molar-refractivity contribution is 9.10. The van der Waals surface area contributed by atoms with Gasteiger partial charge in [0.25, 0.3) is 0 Å². The summed E-state index contributed by atoms with van der Waals surface area (Å²) in [7, 11) is 0. The Hall–Kier alpha value is -3.22. The van der Waals surface area contributed by atoms with Crippen molar-refractivity contribution in [1.29, 1.82) is 0 Å². The highest BCUT2D eigenvalue weighted by atomic mass is 79.9. The van der Waals surface area contributed by atoms with E-state index < -0.39 is 0 Å². The van der Waals surface area contributed by atoms with Gasteiger partial charge in [-0.25, -0.2) is 9.97 Å². The predicted molar refractivity (Wildman–Crippen MR) is 132 cm³/mol. The number of hydrogen-bond donors (Lipinski definition) is 1. The third-order valence-electron chi connectivity index (χ3n) is 4.89. The molecule has 0 atom stereocenters. The van der Waals surface area contributed by atoms with E-state index >= 15 is 0 Å². The SMILES string of the molecule is Cc1sc2ncnc(Nc3ccc(Oc4ccccc4)cc3)c2c1-c1ccc(Br)cc1. The highest BCUT2D eigenvalue weighted by Crippen LogP contribution is 2.41. The number of hydrogen-bond acceptors (Lipinski definition) is 5. The summed E-state index contributed by atoms with van der Waals surface area (Å²) in [6.07, 6.45) is 1.61. The van der Waals surface area contributed by atoms with Crippen LogP contribution in [0.15, 0.2) is 89.7 Å². The second-order valence-corrected chi connectivity index (χ2v) is 9.13. The summed E-state index contributed by atoms with van der Waals surface area (Å²) in [5, 5.41) is 4.50. The molecule has 2 heterocycles. The van der Waals surface area contributed by atoms with E-state index in [-0.39, 0.29) is 0 Å². The van der Waals surface area contributed by atoms with Crippen LogP contribution in [0.1, 0.15) is 4.88 Å². The summed E-state index contributed by atoms with van der Waals surface area (Å²) >= 11 is 5.20. The van der Waals surface area contributed by atoms with Crippen molar-refractivity contribution in [2.24, 2.45) is 0 Å². The van der Waals surface area contributed by atoms with Gasteiger partial charge < -0.3 is 10.1 Å². The number of rotatable bonds is 5. The number of anilines is 2. The summed E-state index contributed by atoms with van der Waals surface area (Å²) in [6, 6.07) is 26.0. The first-order valence-electron chi connectivity index (χ1n) is 9.77. The molecular formula is C25H18BrN3OS. The Labute approximate surface area is 192 Å². The maximum absolute atomic E-state index is 5.89. The van der Waals surface area contributed by atoms with Crippen molar-refractivity contribution in [3.63, 3.8) is 0 Å². The molecule has 0 bridgehead atoms. The fourth-order valence-electron chi connectivity index (χ4n) is 3.47. The monoisotopic (exact) mass is 487 g/mol. The summed E-state index contributed by atoms with van der Waals surface area (Å²) in [5.41, 5.74) is 3.25. The van der Waals surface area contributed by atoms with E-state index in [4.69, 9.17) is 4.74 Å². The smallest absolute Gasteiger partial charge is 0.143 e. The number of aromatic nitrogens is 2. The van der Waals surface area contributed by atoms with Gasteiger partial charge >= 0.3 is 0 Å². The Morgan fingerprint density at radius 2 is 1.55 bits per heavy atom. The lowest BCUT2D eigenvalue weighted by molar-refractivity contribution is 0.483. The number of para-hydroxylation sites is 1. The van der Waals surface area contributed by atoms with Gasteiger partial charge in [0, 0.05) is 20.6 Å². The fourth-order valence-corrected chi connectivity index (χ4v) is 4.75. The van der Waals surface area contributed by atoms with Crippen molar-refractivity contribution in [1.82, 2.24) is 9.97 Å². The molecular weight excluding hydrogens is 470 g/mol. The molecule has 152 valence electrons. The van der Waals surface area contributed by atoms with E-state index in [2.05, 4.69) is 62.4 Å². The van der Waals surface area contributed by atoms with Gasteiger partial charge in [-0.3, -0.25) is 0 Å². The molecule has 0 fully saturated rings. The maximum Gasteiger partial charge on any atom is 0.143 e. The van der Waals surface area contributed by atoms with Crippen molar-refractivity contribution < 1.29 is 4.74 Å². The molecule has 4 nitrogen and oxygen atoms in total. The largest absolute Gasteiger partial charge is 0.457 e.